The van der Waals surface area contributed by atoms with Crippen LogP contribution in [0.2, 0.25) is 0 Å². The molecule has 1 saturated heterocycles. The van der Waals surface area contributed by atoms with Gasteiger partial charge < -0.3 is 0 Å². The molecule has 1 unspecified atom stereocenters. The lowest BCUT2D eigenvalue weighted by Crippen LogP contribution is -2.43. The van der Waals surface area contributed by atoms with Crippen LogP contribution in [0, 0.1) is 17.2 Å². The fraction of sp³-hybridized carbons (Fsp3) is 0.533. The first-order chi connectivity index (χ1) is 10.7. The maximum absolute atomic E-state index is 13.0. The number of hydrogen-bond donors (Lipinski definition) is 0. The van der Waals surface area contributed by atoms with Crippen LogP contribution in [0.4, 0.5) is 0 Å². The molecule has 0 bridgehead atoms. The molecule has 0 N–H and O–H groups in total. The second-order valence-corrected chi connectivity index (χ2v) is 10.3. The standard InChI is InChI=1S/C15H20N2O4S2/c1-12(2)10-17(14-6-7-22(18,19)11-14)23(20,21)15-5-3-4-13(8-15)9-16/h3-5,8,12,14H,6-7,10-11H2,1-2H3. The van der Waals surface area contributed by atoms with Crippen molar-refractivity contribution < 1.29 is 16.8 Å². The lowest BCUT2D eigenvalue weighted by atomic mass is 10.2. The highest BCUT2D eigenvalue weighted by molar-refractivity contribution is 7.92. The van der Waals surface area contributed by atoms with Gasteiger partial charge >= 0.3 is 0 Å². The third-order valence-corrected chi connectivity index (χ3v) is 7.40. The fourth-order valence-corrected chi connectivity index (χ4v) is 6.36. The van der Waals surface area contributed by atoms with Crippen molar-refractivity contribution in [2.45, 2.75) is 31.2 Å². The molecule has 1 fully saturated rings. The van der Waals surface area contributed by atoms with Gasteiger partial charge in [0.05, 0.1) is 28.0 Å². The van der Waals surface area contributed by atoms with Gasteiger partial charge in [0, 0.05) is 12.6 Å². The van der Waals surface area contributed by atoms with Crippen LogP contribution in [-0.2, 0) is 19.9 Å². The molecule has 23 heavy (non-hydrogen) atoms. The normalized spacial score (nSPS) is 20.7. The molecule has 0 aliphatic carbocycles. The summed E-state index contributed by atoms with van der Waals surface area (Å²) in [5.41, 5.74) is 0.259. The molecule has 1 aromatic carbocycles. The third kappa shape index (κ3) is 4.10. The minimum Gasteiger partial charge on any atom is -0.229 e. The Hall–Kier alpha value is -1.43. The number of nitrogens with zero attached hydrogens (tertiary/aromatic N) is 2. The van der Waals surface area contributed by atoms with E-state index in [-0.39, 0.29) is 34.4 Å². The van der Waals surface area contributed by atoms with Crippen LogP contribution in [0.25, 0.3) is 0 Å². The van der Waals surface area contributed by atoms with Crippen molar-refractivity contribution in [2.24, 2.45) is 5.92 Å². The summed E-state index contributed by atoms with van der Waals surface area (Å²) in [5.74, 6) is -0.0658. The predicted molar refractivity (Wildman–Crippen MR) is 86.9 cm³/mol. The molecule has 0 amide bonds. The maximum atomic E-state index is 13.0. The number of benzene rings is 1. The van der Waals surface area contributed by atoms with Gasteiger partial charge in [-0.25, -0.2) is 16.8 Å². The number of sulfonamides is 1. The van der Waals surface area contributed by atoms with E-state index in [1.165, 1.54) is 28.6 Å². The molecular formula is C15H20N2O4S2. The van der Waals surface area contributed by atoms with E-state index < -0.39 is 25.9 Å². The van der Waals surface area contributed by atoms with Gasteiger partial charge in [0.1, 0.15) is 0 Å². The Labute approximate surface area is 137 Å². The third-order valence-electron chi connectivity index (χ3n) is 3.73. The number of nitriles is 1. The first kappa shape index (κ1) is 17.9. The van der Waals surface area contributed by atoms with Gasteiger partial charge in [-0.1, -0.05) is 19.9 Å². The molecular weight excluding hydrogens is 336 g/mol. The summed E-state index contributed by atoms with van der Waals surface area (Å²) in [4.78, 5) is 0.0292. The molecule has 0 aromatic heterocycles. The van der Waals surface area contributed by atoms with Gasteiger partial charge in [-0.15, -0.1) is 0 Å². The molecule has 1 atom stereocenters. The van der Waals surface area contributed by atoms with Crippen LogP contribution in [0.3, 0.4) is 0 Å². The van der Waals surface area contributed by atoms with Crippen molar-refractivity contribution >= 4 is 19.9 Å². The minimum absolute atomic E-state index is 0.0139. The van der Waals surface area contributed by atoms with E-state index in [2.05, 4.69) is 0 Å². The second kappa shape index (κ2) is 6.59. The lowest BCUT2D eigenvalue weighted by molar-refractivity contribution is 0.308. The Morgan fingerprint density at radius 1 is 1.39 bits per heavy atom. The lowest BCUT2D eigenvalue weighted by Gasteiger charge is -2.29. The topological polar surface area (TPSA) is 95.3 Å². The predicted octanol–water partition coefficient (Wildman–Crippen LogP) is 1.39. The van der Waals surface area contributed by atoms with E-state index in [1.807, 2.05) is 19.9 Å². The van der Waals surface area contributed by atoms with Crippen molar-refractivity contribution in [1.29, 1.82) is 5.26 Å². The van der Waals surface area contributed by atoms with Crippen LogP contribution >= 0.6 is 0 Å². The van der Waals surface area contributed by atoms with Crippen molar-refractivity contribution in [1.82, 2.24) is 4.31 Å². The van der Waals surface area contributed by atoms with E-state index in [0.717, 1.165) is 0 Å². The van der Waals surface area contributed by atoms with Crippen molar-refractivity contribution in [3.63, 3.8) is 0 Å². The molecule has 2 rings (SSSR count). The van der Waals surface area contributed by atoms with Crippen molar-refractivity contribution in [3.05, 3.63) is 29.8 Å². The Morgan fingerprint density at radius 2 is 2.09 bits per heavy atom. The van der Waals surface area contributed by atoms with Gasteiger partial charge in [0.2, 0.25) is 10.0 Å². The Kier molecular flexibility index (Phi) is 5.14. The highest BCUT2D eigenvalue weighted by atomic mass is 32.2. The molecule has 1 aliphatic heterocycles. The Balaban J connectivity index is 2.43. The largest absolute Gasteiger partial charge is 0.243 e. The monoisotopic (exact) mass is 356 g/mol. The van der Waals surface area contributed by atoms with Gasteiger partial charge in [-0.2, -0.15) is 9.57 Å². The maximum Gasteiger partial charge on any atom is 0.243 e. The summed E-state index contributed by atoms with van der Waals surface area (Å²) < 4.78 is 50.7. The molecule has 126 valence electrons. The molecule has 6 nitrogen and oxygen atoms in total. The van der Waals surface area contributed by atoms with Crippen LogP contribution in [-0.4, -0.2) is 45.2 Å². The van der Waals surface area contributed by atoms with E-state index in [0.29, 0.717) is 6.42 Å². The molecule has 1 heterocycles. The number of sulfone groups is 1. The summed E-state index contributed by atoms with van der Waals surface area (Å²) in [5, 5.41) is 8.95. The SMILES string of the molecule is CC(C)CN(C1CCS(=O)(=O)C1)S(=O)(=O)c1cccc(C#N)c1. The zero-order chi connectivity index (χ0) is 17.3. The van der Waals surface area contributed by atoms with Gasteiger partial charge in [-0.3, -0.25) is 0 Å². The van der Waals surface area contributed by atoms with Gasteiger partial charge in [-0.05, 0) is 30.5 Å². The average Bonchev–Trinajstić information content (AvgIpc) is 2.84. The summed E-state index contributed by atoms with van der Waals surface area (Å²) in [6.45, 7) is 4.02. The fourth-order valence-electron chi connectivity index (χ4n) is 2.67. The van der Waals surface area contributed by atoms with Crippen molar-refractivity contribution in [2.75, 3.05) is 18.1 Å². The number of rotatable bonds is 5. The van der Waals surface area contributed by atoms with Crippen molar-refractivity contribution in [3.8, 4) is 6.07 Å². The van der Waals surface area contributed by atoms with Gasteiger partial charge in [0.25, 0.3) is 0 Å². The molecule has 0 saturated carbocycles. The molecule has 1 aromatic rings. The van der Waals surface area contributed by atoms with E-state index in [4.69, 9.17) is 5.26 Å². The van der Waals surface area contributed by atoms with Gasteiger partial charge in [0.15, 0.2) is 9.84 Å². The Morgan fingerprint density at radius 3 is 2.61 bits per heavy atom. The summed E-state index contributed by atoms with van der Waals surface area (Å²) in [6, 6.07) is 7.19. The minimum atomic E-state index is -3.84. The highest BCUT2D eigenvalue weighted by Crippen LogP contribution is 2.26. The van der Waals surface area contributed by atoms with E-state index >= 15 is 0 Å². The molecule has 0 radical (unpaired) electrons. The molecule has 1 aliphatic rings. The second-order valence-electron chi connectivity index (χ2n) is 6.17. The first-order valence-electron chi connectivity index (χ1n) is 7.38. The van der Waals surface area contributed by atoms with E-state index in [1.54, 1.807) is 0 Å². The summed E-state index contributed by atoms with van der Waals surface area (Å²) in [6.07, 6.45) is 0.312. The molecule has 8 heteroatoms. The zero-order valence-electron chi connectivity index (χ0n) is 13.1. The zero-order valence-corrected chi connectivity index (χ0v) is 14.8. The van der Waals surface area contributed by atoms with E-state index in [9.17, 15) is 16.8 Å². The smallest absolute Gasteiger partial charge is 0.229 e. The average molecular weight is 356 g/mol. The van der Waals surface area contributed by atoms with Crippen LogP contribution in [0.15, 0.2) is 29.2 Å². The summed E-state index contributed by atoms with van der Waals surface area (Å²) >= 11 is 0. The Bertz CT molecular complexity index is 823. The summed E-state index contributed by atoms with van der Waals surface area (Å²) in [7, 11) is -7.03. The first-order valence-corrected chi connectivity index (χ1v) is 10.6. The highest BCUT2D eigenvalue weighted by Gasteiger charge is 2.39. The van der Waals surface area contributed by atoms with Crippen LogP contribution < -0.4 is 0 Å². The number of hydrogen-bond acceptors (Lipinski definition) is 5. The van der Waals surface area contributed by atoms with Crippen LogP contribution in [0.1, 0.15) is 25.8 Å². The quantitative estimate of drug-likeness (QED) is 0.794. The van der Waals surface area contributed by atoms with Crippen LogP contribution in [0.5, 0.6) is 0 Å². The molecule has 0 spiro atoms.